The fraction of sp³-hybridized carbons (Fsp3) is 1.00. The van der Waals surface area contributed by atoms with Crippen LogP contribution in [0.1, 0.15) is 0 Å². The molecule has 0 aliphatic rings. The molecule has 1 unspecified atom stereocenters. The second kappa shape index (κ2) is 5.65. The molecule has 0 amide bonds. The van der Waals surface area contributed by atoms with Crippen LogP contribution in [-0.4, -0.2) is 24.1 Å². The molecule has 0 radical (unpaired) electrons. The smallest absolute Gasteiger partial charge is 0.287 e. The normalized spacial score (nSPS) is 18.7. The summed E-state index contributed by atoms with van der Waals surface area (Å²) in [5.41, 5.74) is 0. The molecule has 0 aromatic carbocycles. The first kappa shape index (κ1) is 20.0. The van der Waals surface area contributed by atoms with Gasteiger partial charge in [-0.05, 0) is 11.6 Å². The molecule has 0 heterocycles. The minimum atomic E-state index is -4.70. The Balaban J connectivity index is 5.33. The predicted molar refractivity (Wildman–Crippen MR) is 66.0 cm³/mol. The zero-order valence-corrected chi connectivity index (χ0v) is 13.5. The first-order valence-electron chi connectivity index (χ1n) is 3.43. The molecule has 0 fully saturated rings. The van der Waals surface area contributed by atoms with Crippen LogP contribution < -0.4 is 0 Å². The second-order valence-corrected chi connectivity index (χ2v) is 7.97. The Morgan fingerprint density at radius 3 is 1.22 bits per heavy atom. The summed E-state index contributed by atoms with van der Waals surface area (Å²) < 4.78 is 45.2. The number of hydrogen-bond donors (Lipinski definition) is 0. The fourth-order valence-corrected chi connectivity index (χ4v) is 1.91. The van der Waals surface area contributed by atoms with E-state index in [-0.39, 0.29) is 0 Å². The van der Waals surface area contributed by atoms with E-state index in [4.69, 9.17) is 69.6 Å². The SMILES string of the molecule is FC(Cl)(Cl)C(F)(Cl)OC(Cl)(Cl)C(F)(F)C(Cl)(Cl)Cl. The zero-order valence-electron chi connectivity index (χ0n) is 7.44. The van der Waals surface area contributed by atoms with Crippen LogP contribution in [0, 0.1) is 0 Å². The van der Waals surface area contributed by atoms with Crippen molar-refractivity contribution in [3.8, 4) is 0 Å². The number of rotatable bonds is 4. The Kier molecular flexibility index (Phi) is 6.28. The molecule has 1 atom stereocenters. The molecule has 0 saturated heterocycles. The first-order chi connectivity index (χ1) is 7.46. The standard InChI is InChI=1S/C5Cl8F4O/c6-2(7,8)1(14,15)4(11,12)18-5(13,17)3(9,10)16. The van der Waals surface area contributed by atoms with Gasteiger partial charge in [0.25, 0.3) is 8.31 Å². The second-order valence-electron chi connectivity index (χ2n) is 2.71. The van der Waals surface area contributed by atoms with Gasteiger partial charge in [0.2, 0.25) is 0 Å². The molecule has 13 heteroatoms. The lowest BCUT2D eigenvalue weighted by Gasteiger charge is -2.37. The van der Waals surface area contributed by atoms with Crippen molar-refractivity contribution in [2.24, 2.45) is 0 Å². The summed E-state index contributed by atoms with van der Waals surface area (Å²) in [6, 6.07) is 0. The van der Waals surface area contributed by atoms with Gasteiger partial charge < -0.3 is 0 Å². The highest BCUT2D eigenvalue weighted by atomic mass is 35.6. The van der Waals surface area contributed by atoms with E-state index in [2.05, 4.69) is 27.9 Å². The minimum Gasteiger partial charge on any atom is -0.287 e. The molecule has 0 saturated carbocycles. The molecule has 0 N–H and O–H groups in total. The van der Waals surface area contributed by atoms with Gasteiger partial charge in [-0.25, -0.2) is 0 Å². The van der Waals surface area contributed by atoms with Crippen LogP contribution in [0.4, 0.5) is 17.6 Å². The van der Waals surface area contributed by atoms with Gasteiger partial charge in [-0.2, -0.15) is 17.6 Å². The quantitative estimate of drug-likeness (QED) is 0.383. The third-order valence-corrected chi connectivity index (χ3v) is 3.67. The topological polar surface area (TPSA) is 9.23 Å². The van der Waals surface area contributed by atoms with Crippen LogP contribution in [0.2, 0.25) is 0 Å². The number of halogens is 12. The van der Waals surface area contributed by atoms with E-state index in [9.17, 15) is 17.6 Å². The monoisotopic (exact) mass is 432 g/mol. The average Bonchev–Trinajstić information content (AvgIpc) is 1.96. The molecular formula is C5Cl8F4O. The van der Waals surface area contributed by atoms with Crippen LogP contribution in [0.3, 0.4) is 0 Å². The third kappa shape index (κ3) is 4.25. The van der Waals surface area contributed by atoms with Crippen molar-refractivity contribution in [3.05, 3.63) is 0 Å². The summed E-state index contributed by atoms with van der Waals surface area (Å²) in [4.78, 5) is 0. The minimum absolute atomic E-state index is 3.42. The Morgan fingerprint density at radius 1 is 0.667 bits per heavy atom. The van der Waals surface area contributed by atoms with Crippen molar-refractivity contribution in [3.63, 3.8) is 0 Å². The highest BCUT2D eigenvalue weighted by Crippen LogP contribution is 2.57. The van der Waals surface area contributed by atoms with E-state index in [1.807, 2.05) is 0 Å². The Hall–Kier alpha value is 2.00. The molecule has 0 aromatic heterocycles. The number of ether oxygens (including phenoxy) is 1. The molecule has 110 valence electrons. The number of hydrogen-bond acceptors (Lipinski definition) is 1. The lowest BCUT2D eigenvalue weighted by atomic mass is 10.4. The summed E-state index contributed by atoms with van der Waals surface area (Å²) in [6.07, 6.45) is 0. The first-order valence-corrected chi connectivity index (χ1v) is 6.45. The molecule has 0 aliphatic carbocycles. The van der Waals surface area contributed by atoms with Crippen molar-refractivity contribution in [2.45, 2.75) is 24.1 Å². The molecular weight excluding hydrogens is 436 g/mol. The Bertz CT molecular complexity index is 308. The molecule has 0 aromatic rings. The van der Waals surface area contributed by atoms with Gasteiger partial charge in [0.05, 0.1) is 0 Å². The molecule has 0 spiro atoms. The van der Waals surface area contributed by atoms with Crippen LogP contribution in [0.25, 0.3) is 0 Å². The molecule has 0 rings (SSSR count). The van der Waals surface area contributed by atoms with Gasteiger partial charge in [-0.15, -0.1) is 0 Å². The summed E-state index contributed by atoms with van der Waals surface area (Å²) >= 11 is 38.3. The summed E-state index contributed by atoms with van der Waals surface area (Å²) in [7, 11) is 0. The lowest BCUT2D eigenvalue weighted by molar-refractivity contribution is -0.208. The van der Waals surface area contributed by atoms with Crippen LogP contribution in [-0.2, 0) is 4.74 Å². The maximum atomic E-state index is 13.4. The summed E-state index contributed by atoms with van der Waals surface area (Å²) in [5.74, 6) is -4.70. The maximum absolute atomic E-state index is 13.4. The lowest BCUT2D eigenvalue weighted by Crippen LogP contribution is -2.55. The highest BCUT2D eigenvalue weighted by molar-refractivity contribution is 6.69. The molecule has 0 aliphatic heterocycles. The average molecular weight is 436 g/mol. The molecule has 18 heavy (non-hydrogen) atoms. The molecule has 0 bridgehead atoms. The van der Waals surface area contributed by atoms with E-state index in [1.165, 1.54) is 0 Å². The van der Waals surface area contributed by atoms with Crippen molar-refractivity contribution in [2.75, 3.05) is 0 Å². The van der Waals surface area contributed by atoms with E-state index >= 15 is 0 Å². The summed E-state index contributed by atoms with van der Waals surface area (Å²) in [6.45, 7) is 0. The third-order valence-electron chi connectivity index (χ3n) is 1.31. The summed E-state index contributed by atoms with van der Waals surface area (Å²) in [5, 5.41) is -4.24. The van der Waals surface area contributed by atoms with Gasteiger partial charge in [-0.1, -0.05) is 81.2 Å². The zero-order chi connectivity index (χ0) is 15.2. The van der Waals surface area contributed by atoms with Crippen LogP contribution >= 0.6 is 92.8 Å². The Labute approximate surface area is 138 Å². The van der Waals surface area contributed by atoms with Gasteiger partial charge in [0.15, 0.2) is 0 Å². The van der Waals surface area contributed by atoms with Crippen LogP contribution in [0.15, 0.2) is 0 Å². The van der Waals surface area contributed by atoms with Gasteiger partial charge in [0, 0.05) is 0 Å². The van der Waals surface area contributed by atoms with Gasteiger partial charge in [0.1, 0.15) is 0 Å². The van der Waals surface area contributed by atoms with Gasteiger partial charge in [-0.3, -0.25) is 4.74 Å². The van der Waals surface area contributed by atoms with Crippen molar-refractivity contribution in [1.82, 2.24) is 0 Å². The predicted octanol–water partition coefficient (Wildman–Crippen LogP) is 6.10. The van der Waals surface area contributed by atoms with Gasteiger partial charge >= 0.3 is 15.8 Å². The van der Waals surface area contributed by atoms with E-state index in [0.717, 1.165) is 0 Å². The van der Waals surface area contributed by atoms with E-state index < -0.39 is 24.1 Å². The number of alkyl halides is 12. The fourth-order valence-electron chi connectivity index (χ4n) is 0.448. The van der Waals surface area contributed by atoms with Crippen LogP contribution in [0.5, 0.6) is 0 Å². The highest BCUT2D eigenvalue weighted by Gasteiger charge is 2.70. The van der Waals surface area contributed by atoms with Crippen molar-refractivity contribution in [1.29, 1.82) is 0 Å². The van der Waals surface area contributed by atoms with E-state index in [1.54, 1.807) is 0 Å². The largest absolute Gasteiger partial charge is 0.352 e. The Morgan fingerprint density at radius 2 is 1.00 bits per heavy atom. The van der Waals surface area contributed by atoms with Crippen molar-refractivity contribution < 1.29 is 22.3 Å². The van der Waals surface area contributed by atoms with Crippen molar-refractivity contribution >= 4 is 92.8 Å². The van der Waals surface area contributed by atoms with E-state index in [0.29, 0.717) is 0 Å². The maximum Gasteiger partial charge on any atom is 0.352 e. The molecule has 1 nitrogen and oxygen atoms in total.